The molecule has 1 unspecified atom stereocenters. The Morgan fingerprint density at radius 2 is 1.00 bits per heavy atom. The summed E-state index contributed by atoms with van der Waals surface area (Å²) < 4.78 is 5.00. The van der Waals surface area contributed by atoms with Crippen LogP contribution >= 0.6 is 0 Å². The van der Waals surface area contributed by atoms with Gasteiger partial charge in [0.05, 0.1) is 18.9 Å². The van der Waals surface area contributed by atoms with Gasteiger partial charge >= 0.3 is 11.9 Å². The Balaban J connectivity index is 3.36. The second-order valence-electron chi connectivity index (χ2n) is 11.0. The minimum atomic E-state index is -0.924. The molecule has 4 nitrogen and oxygen atoms in total. The maximum Gasteiger partial charge on any atom is 0.307 e. The average Bonchev–Trinajstić information content (AvgIpc) is 2.89. The molecule has 0 bridgehead atoms. The van der Waals surface area contributed by atoms with E-state index in [2.05, 4.69) is 13.0 Å². The molecule has 0 aromatic carbocycles. The third kappa shape index (κ3) is 27.5. The van der Waals surface area contributed by atoms with Crippen LogP contribution in [0.5, 0.6) is 0 Å². The van der Waals surface area contributed by atoms with Gasteiger partial charge in [0.15, 0.2) is 0 Å². The molecule has 0 aromatic rings. The van der Waals surface area contributed by atoms with Crippen LogP contribution in [0.4, 0.5) is 0 Å². The average molecular weight is 523 g/mol. The molecule has 0 saturated carbocycles. The molecule has 0 radical (unpaired) electrons. The zero-order valence-corrected chi connectivity index (χ0v) is 24.8. The first-order valence-electron chi connectivity index (χ1n) is 16.1. The predicted octanol–water partition coefficient (Wildman–Crippen LogP) is 10.6. The molecule has 0 aliphatic carbocycles. The van der Waals surface area contributed by atoms with E-state index in [1.165, 1.54) is 128 Å². The molecular weight excluding hydrogens is 460 g/mol. The molecule has 0 spiro atoms. The molecule has 0 amide bonds. The number of hydrogen-bond donors (Lipinski definition) is 1. The van der Waals surface area contributed by atoms with Crippen LogP contribution in [0.15, 0.2) is 12.2 Å². The molecule has 1 atom stereocenters. The Morgan fingerprint density at radius 1 is 0.595 bits per heavy atom. The highest BCUT2D eigenvalue weighted by Crippen LogP contribution is 2.16. The quantitative estimate of drug-likeness (QED) is 0.0602. The Hall–Kier alpha value is -1.32. The predicted molar refractivity (Wildman–Crippen MR) is 158 cm³/mol. The maximum absolute atomic E-state index is 11.6. The standard InChI is InChI=1S/C33H62O4/c1-3-5-6-7-8-9-10-11-12-13-14-15-16-17-18-19-20-21-22-23-24-25-26-27-28-31(33(35)36)30-32(34)37-29-4-2/h26-27,31H,3-25,28-30H2,1-2H3,(H,35,36)/b27-26+. The van der Waals surface area contributed by atoms with Crippen molar-refractivity contribution in [2.75, 3.05) is 6.61 Å². The van der Waals surface area contributed by atoms with Crippen LogP contribution < -0.4 is 0 Å². The fourth-order valence-electron chi connectivity index (χ4n) is 4.82. The van der Waals surface area contributed by atoms with E-state index >= 15 is 0 Å². The molecular formula is C33H62O4. The van der Waals surface area contributed by atoms with Crippen molar-refractivity contribution in [3.8, 4) is 0 Å². The van der Waals surface area contributed by atoms with Crippen molar-refractivity contribution in [2.45, 2.75) is 174 Å². The number of carbonyl (C=O) groups is 2. The number of carbonyl (C=O) groups excluding carboxylic acids is 1. The minimum Gasteiger partial charge on any atom is -0.481 e. The molecule has 0 aliphatic rings. The zero-order valence-electron chi connectivity index (χ0n) is 24.8. The summed E-state index contributed by atoms with van der Waals surface area (Å²) in [5, 5.41) is 9.29. The maximum atomic E-state index is 11.6. The fraction of sp³-hybridized carbons (Fsp3) is 0.879. The van der Waals surface area contributed by atoms with Gasteiger partial charge in [0.2, 0.25) is 0 Å². The van der Waals surface area contributed by atoms with E-state index < -0.39 is 17.9 Å². The monoisotopic (exact) mass is 522 g/mol. The number of ether oxygens (including phenoxy) is 1. The molecule has 37 heavy (non-hydrogen) atoms. The van der Waals surface area contributed by atoms with E-state index in [-0.39, 0.29) is 6.42 Å². The molecule has 0 heterocycles. The molecule has 4 heteroatoms. The second kappa shape index (κ2) is 29.2. The lowest BCUT2D eigenvalue weighted by molar-refractivity contribution is -0.151. The summed E-state index contributed by atoms with van der Waals surface area (Å²) >= 11 is 0. The van der Waals surface area contributed by atoms with Crippen molar-refractivity contribution >= 4 is 11.9 Å². The third-order valence-electron chi connectivity index (χ3n) is 7.29. The van der Waals surface area contributed by atoms with Crippen LogP contribution in [0.2, 0.25) is 0 Å². The first-order chi connectivity index (χ1) is 18.1. The summed E-state index contributed by atoms with van der Waals surface area (Å²) in [4.78, 5) is 23.0. The van der Waals surface area contributed by atoms with Crippen molar-refractivity contribution in [1.29, 1.82) is 0 Å². The van der Waals surface area contributed by atoms with Gasteiger partial charge in [-0.1, -0.05) is 154 Å². The fourth-order valence-corrected chi connectivity index (χ4v) is 4.82. The minimum absolute atomic E-state index is 0.0426. The van der Waals surface area contributed by atoms with Crippen LogP contribution in [-0.2, 0) is 14.3 Å². The topological polar surface area (TPSA) is 63.6 Å². The van der Waals surface area contributed by atoms with Crippen LogP contribution in [0, 0.1) is 5.92 Å². The van der Waals surface area contributed by atoms with Crippen molar-refractivity contribution in [3.05, 3.63) is 12.2 Å². The number of carboxylic acids is 1. The summed E-state index contributed by atoms with van der Waals surface area (Å²) in [5.74, 6) is -2.01. The highest BCUT2D eigenvalue weighted by molar-refractivity contribution is 5.78. The molecule has 0 saturated heterocycles. The normalized spacial score (nSPS) is 12.3. The van der Waals surface area contributed by atoms with Crippen molar-refractivity contribution < 1.29 is 19.4 Å². The van der Waals surface area contributed by atoms with Gasteiger partial charge < -0.3 is 9.84 Å². The van der Waals surface area contributed by atoms with Crippen LogP contribution in [0.1, 0.15) is 174 Å². The zero-order chi connectivity index (χ0) is 27.2. The lowest BCUT2D eigenvalue weighted by atomic mass is 10.0. The van der Waals surface area contributed by atoms with Gasteiger partial charge in [-0.05, 0) is 25.7 Å². The molecule has 0 aromatic heterocycles. The number of aliphatic carboxylic acids is 1. The van der Waals surface area contributed by atoms with E-state index in [0.29, 0.717) is 13.0 Å². The van der Waals surface area contributed by atoms with Crippen LogP contribution in [-0.4, -0.2) is 23.7 Å². The molecule has 1 N–H and O–H groups in total. The van der Waals surface area contributed by atoms with Gasteiger partial charge in [-0.25, -0.2) is 0 Å². The molecule has 0 aliphatic heterocycles. The Morgan fingerprint density at radius 3 is 1.38 bits per heavy atom. The Labute approximate surface area is 230 Å². The van der Waals surface area contributed by atoms with Crippen LogP contribution in [0.25, 0.3) is 0 Å². The van der Waals surface area contributed by atoms with Crippen molar-refractivity contribution in [1.82, 2.24) is 0 Å². The van der Waals surface area contributed by atoms with Gasteiger partial charge in [-0.2, -0.15) is 0 Å². The molecule has 218 valence electrons. The smallest absolute Gasteiger partial charge is 0.307 e. The summed E-state index contributed by atoms with van der Waals surface area (Å²) in [7, 11) is 0. The van der Waals surface area contributed by atoms with Gasteiger partial charge in [0, 0.05) is 0 Å². The number of esters is 1. The Bertz CT molecular complexity index is 528. The number of rotatable bonds is 29. The third-order valence-corrected chi connectivity index (χ3v) is 7.29. The van der Waals surface area contributed by atoms with Gasteiger partial charge in [-0.15, -0.1) is 0 Å². The summed E-state index contributed by atoms with van der Waals surface area (Å²) in [6.45, 7) is 4.57. The van der Waals surface area contributed by atoms with E-state index in [1.807, 2.05) is 13.0 Å². The largest absolute Gasteiger partial charge is 0.481 e. The first-order valence-corrected chi connectivity index (χ1v) is 16.1. The van der Waals surface area contributed by atoms with E-state index in [1.54, 1.807) is 0 Å². The number of hydrogen-bond acceptors (Lipinski definition) is 3. The second-order valence-corrected chi connectivity index (χ2v) is 11.0. The van der Waals surface area contributed by atoms with E-state index in [4.69, 9.17) is 4.74 Å². The van der Waals surface area contributed by atoms with Gasteiger partial charge in [0.25, 0.3) is 0 Å². The van der Waals surface area contributed by atoms with Gasteiger partial charge in [0.1, 0.15) is 0 Å². The van der Waals surface area contributed by atoms with Crippen LogP contribution in [0.3, 0.4) is 0 Å². The summed E-state index contributed by atoms with van der Waals surface area (Å²) in [6.07, 6.45) is 35.3. The van der Waals surface area contributed by atoms with Crippen molar-refractivity contribution in [2.24, 2.45) is 5.92 Å². The lowest BCUT2D eigenvalue weighted by Crippen LogP contribution is -2.19. The number of carboxylic acid groups (broad SMARTS) is 1. The summed E-state index contributed by atoms with van der Waals surface area (Å²) in [5.41, 5.74) is 0. The number of allylic oxidation sites excluding steroid dienone is 2. The van der Waals surface area contributed by atoms with Gasteiger partial charge in [-0.3, -0.25) is 9.59 Å². The van der Waals surface area contributed by atoms with Crippen molar-refractivity contribution in [3.63, 3.8) is 0 Å². The SMILES string of the molecule is CCCCCCCCCCCCCCCCCCCCCCC/C=C/CC(CC(=O)OCCC)C(=O)O. The highest BCUT2D eigenvalue weighted by atomic mass is 16.5. The molecule has 0 rings (SSSR count). The molecule has 0 fully saturated rings. The Kier molecular flexibility index (Phi) is 28.2. The van der Waals surface area contributed by atoms with E-state index in [9.17, 15) is 14.7 Å². The summed E-state index contributed by atoms with van der Waals surface area (Å²) in [6, 6.07) is 0. The highest BCUT2D eigenvalue weighted by Gasteiger charge is 2.20. The van der Waals surface area contributed by atoms with E-state index in [0.717, 1.165) is 19.3 Å². The number of unbranched alkanes of at least 4 members (excludes halogenated alkanes) is 21. The first kappa shape index (κ1) is 35.7. The lowest BCUT2D eigenvalue weighted by Gasteiger charge is -2.09.